The van der Waals surface area contributed by atoms with Crippen molar-refractivity contribution in [2.24, 2.45) is 0 Å². The molecule has 0 saturated carbocycles. The summed E-state index contributed by atoms with van der Waals surface area (Å²) in [5, 5.41) is 1.86. The van der Waals surface area contributed by atoms with Crippen LogP contribution in [0.2, 0.25) is 0 Å². The number of carbonyl (C=O) groups excluding carboxylic acids is 1. The molecule has 0 aliphatic carbocycles. The molecule has 0 spiro atoms. The predicted octanol–water partition coefficient (Wildman–Crippen LogP) is 3.40. The number of thiophene rings is 1. The number of carbonyl (C=O) groups is 1. The van der Waals surface area contributed by atoms with E-state index in [0.717, 1.165) is 12.1 Å². The van der Waals surface area contributed by atoms with Crippen LogP contribution in [0.3, 0.4) is 0 Å². The summed E-state index contributed by atoms with van der Waals surface area (Å²) in [7, 11) is 1.58. The number of hydrogen-bond donors (Lipinski definition) is 1. The summed E-state index contributed by atoms with van der Waals surface area (Å²) in [5.74, 6) is 0.583. The van der Waals surface area contributed by atoms with Gasteiger partial charge in [-0.2, -0.15) is 0 Å². The third-order valence-electron chi connectivity index (χ3n) is 2.94. The van der Waals surface area contributed by atoms with Gasteiger partial charge in [0.05, 0.1) is 7.11 Å². The molecule has 0 unspecified atom stereocenters. The number of methoxy groups -OCH3 is 1. The molecule has 2 rings (SSSR count). The number of benzene rings is 1. The highest BCUT2D eigenvalue weighted by Gasteiger charge is 2.21. The normalized spacial score (nSPS) is 10.3. The lowest BCUT2D eigenvalue weighted by molar-refractivity contribution is 0.0988. The standard InChI is InChI=1S/C15H18N2O2S/c1-3-9-17(12-6-4-11(16)5-7-12)15(18)14-13(19-2)8-10-20-14/h4-8,10H,3,9,16H2,1-2H3. The van der Waals surface area contributed by atoms with Crippen LogP contribution in [0.4, 0.5) is 11.4 Å². The maximum Gasteiger partial charge on any atom is 0.272 e. The second-order valence-electron chi connectivity index (χ2n) is 4.37. The number of nitrogens with two attached hydrogens (primary N) is 1. The molecule has 1 heterocycles. The van der Waals surface area contributed by atoms with Crippen LogP contribution in [0.5, 0.6) is 5.75 Å². The smallest absolute Gasteiger partial charge is 0.272 e. The summed E-state index contributed by atoms with van der Waals surface area (Å²) in [4.78, 5) is 15.1. The average Bonchev–Trinajstić information content (AvgIpc) is 2.93. The molecule has 2 N–H and O–H groups in total. The molecule has 0 fully saturated rings. The van der Waals surface area contributed by atoms with Crippen molar-refractivity contribution in [3.63, 3.8) is 0 Å². The first-order chi connectivity index (χ1) is 9.67. The Morgan fingerprint density at radius 1 is 1.30 bits per heavy atom. The van der Waals surface area contributed by atoms with Gasteiger partial charge >= 0.3 is 0 Å². The van der Waals surface area contributed by atoms with Crippen LogP contribution in [0.25, 0.3) is 0 Å². The fraction of sp³-hybridized carbons (Fsp3) is 0.267. The van der Waals surface area contributed by atoms with E-state index >= 15 is 0 Å². The van der Waals surface area contributed by atoms with Gasteiger partial charge in [-0.25, -0.2) is 0 Å². The van der Waals surface area contributed by atoms with Crippen molar-refractivity contribution in [2.75, 3.05) is 24.3 Å². The zero-order chi connectivity index (χ0) is 14.5. The highest BCUT2D eigenvalue weighted by molar-refractivity contribution is 7.12. The summed E-state index contributed by atoms with van der Waals surface area (Å²) < 4.78 is 5.23. The van der Waals surface area contributed by atoms with Gasteiger partial charge in [-0.3, -0.25) is 4.79 Å². The summed E-state index contributed by atoms with van der Waals surface area (Å²) in [6.07, 6.45) is 0.879. The second kappa shape index (κ2) is 6.43. The first-order valence-corrected chi connectivity index (χ1v) is 7.34. The largest absolute Gasteiger partial charge is 0.495 e. The zero-order valence-corrected chi connectivity index (χ0v) is 12.4. The van der Waals surface area contributed by atoms with Crippen molar-refractivity contribution in [1.82, 2.24) is 0 Å². The van der Waals surface area contributed by atoms with Crippen molar-refractivity contribution >= 4 is 28.6 Å². The highest BCUT2D eigenvalue weighted by Crippen LogP contribution is 2.28. The number of nitrogen functional groups attached to an aromatic ring is 1. The molecule has 1 aromatic heterocycles. The molecular weight excluding hydrogens is 272 g/mol. The van der Waals surface area contributed by atoms with Crippen LogP contribution in [0.1, 0.15) is 23.0 Å². The Bertz CT molecular complexity index is 578. The van der Waals surface area contributed by atoms with E-state index in [-0.39, 0.29) is 5.91 Å². The number of anilines is 2. The Labute approximate surface area is 122 Å². The van der Waals surface area contributed by atoms with Crippen molar-refractivity contribution in [1.29, 1.82) is 0 Å². The van der Waals surface area contributed by atoms with Crippen molar-refractivity contribution in [2.45, 2.75) is 13.3 Å². The molecule has 0 saturated heterocycles. The first kappa shape index (κ1) is 14.4. The van der Waals surface area contributed by atoms with E-state index in [1.165, 1.54) is 11.3 Å². The quantitative estimate of drug-likeness (QED) is 0.859. The first-order valence-electron chi connectivity index (χ1n) is 6.46. The number of ether oxygens (including phenoxy) is 1. The summed E-state index contributed by atoms with van der Waals surface area (Å²) in [6, 6.07) is 9.14. The lowest BCUT2D eigenvalue weighted by Crippen LogP contribution is -2.31. The second-order valence-corrected chi connectivity index (χ2v) is 5.28. The Morgan fingerprint density at radius 2 is 2.00 bits per heavy atom. The monoisotopic (exact) mass is 290 g/mol. The highest BCUT2D eigenvalue weighted by atomic mass is 32.1. The van der Waals surface area contributed by atoms with E-state index in [1.807, 2.05) is 30.5 Å². The van der Waals surface area contributed by atoms with Crippen LogP contribution in [0, 0.1) is 0 Å². The number of amides is 1. The van der Waals surface area contributed by atoms with Crippen LogP contribution < -0.4 is 15.4 Å². The average molecular weight is 290 g/mol. The fourth-order valence-electron chi connectivity index (χ4n) is 1.96. The molecule has 0 aliphatic rings. The number of rotatable bonds is 5. The third kappa shape index (κ3) is 2.93. The van der Waals surface area contributed by atoms with Gasteiger partial charge in [-0.15, -0.1) is 11.3 Å². The summed E-state index contributed by atoms with van der Waals surface area (Å²) >= 11 is 1.39. The van der Waals surface area contributed by atoms with Crippen LogP contribution in [0.15, 0.2) is 35.7 Å². The molecule has 1 aromatic carbocycles. The summed E-state index contributed by atoms with van der Waals surface area (Å²) in [5.41, 5.74) is 7.23. The Morgan fingerprint density at radius 3 is 2.60 bits per heavy atom. The molecule has 20 heavy (non-hydrogen) atoms. The minimum absolute atomic E-state index is 0.0385. The van der Waals surface area contributed by atoms with Crippen molar-refractivity contribution < 1.29 is 9.53 Å². The van der Waals surface area contributed by atoms with Gasteiger partial charge in [0, 0.05) is 17.9 Å². The van der Waals surface area contributed by atoms with Gasteiger partial charge in [0.2, 0.25) is 0 Å². The maximum atomic E-state index is 12.7. The van der Waals surface area contributed by atoms with E-state index in [0.29, 0.717) is 22.9 Å². The Balaban J connectivity index is 2.33. The third-order valence-corrected chi connectivity index (χ3v) is 3.82. The van der Waals surface area contributed by atoms with E-state index in [9.17, 15) is 4.79 Å². The van der Waals surface area contributed by atoms with Gasteiger partial charge in [0.15, 0.2) is 0 Å². The lowest BCUT2D eigenvalue weighted by atomic mass is 10.2. The number of hydrogen-bond acceptors (Lipinski definition) is 4. The van der Waals surface area contributed by atoms with Crippen LogP contribution in [-0.4, -0.2) is 19.6 Å². The van der Waals surface area contributed by atoms with Crippen LogP contribution in [-0.2, 0) is 0 Å². The summed E-state index contributed by atoms with van der Waals surface area (Å²) in [6.45, 7) is 2.70. The zero-order valence-electron chi connectivity index (χ0n) is 11.6. The van der Waals surface area contributed by atoms with Gasteiger partial charge < -0.3 is 15.4 Å². The molecule has 0 bridgehead atoms. The van der Waals surface area contributed by atoms with E-state index < -0.39 is 0 Å². The van der Waals surface area contributed by atoms with Crippen LogP contribution >= 0.6 is 11.3 Å². The van der Waals surface area contributed by atoms with Gasteiger partial charge in [-0.05, 0) is 42.1 Å². The van der Waals surface area contributed by atoms with Gasteiger partial charge in [0.25, 0.3) is 5.91 Å². The van der Waals surface area contributed by atoms with Crippen molar-refractivity contribution in [3.8, 4) is 5.75 Å². The topological polar surface area (TPSA) is 55.6 Å². The van der Waals surface area contributed by atoms with Gasteiger partial charge in [-0.1, -0.05) is 6.92 Å². The molecule has 0 aliphatic heterocycles. The lowest BCUT2D eigenvalue weighted by Gasteiger charge is -2.22. The van der Waals surface area contributed by atoms with Gasteiger partial charge in [0.1, 0.15) is 10.6 Å². The Hall–Kier alpha value is -2.01. The molecule has 0 radical (unpaired) electrons. The molecule has 106 valence electrons. The predicted molar refractivity (Wildman–Crippen MR) is 83.7 cm³/mol. The van der Waals surface area contributed by atoms with E-state index in [1.54, 1.807) is 24.1 Å². The minimum atomic E-state index is -0.0385. The van der Waals surface area contributed by atoms with Crippen molar-refractivity contribution in [3.05, 3.63) is 40.6 Å². The van der Waals surface area contributed by atoms with E-state index in [2.05, 4.69) is 0 Å². The Kier molecular flexibility index (Phi) is 4.63. The SMILES string of the molecule is CCCN(C(=O)c1sccc1OC)c1ccc(N)cc1. The molecule has 4 nitrogen and oxygen atoms in total. The maximum absolute atomic E-state index is 12.7. The minimum Gasteiger partial charge on any atom is -0.495 e. The molecular formula is C15H18N2O2S. The molecule has 5 heteroatoms. The fourth-order valence-corrected chi connectivity index (χ4v) is 2.77. The number of nitrogens with zero attached hydrogens (tertiary/aromatic N) is 1. The van der Waals surface area contributed by atoms with E-state index in [4.69, 9.17) is 10.5 Å². The molecule has 1 amide bonds. The molecule has 2 aromatic rings. The molecule has 0 atom stereocenters.